The van der Waals surface area contributed by atoms with Crippen molar-refractivity contribution in [1.29, 1.82) is 0 Å². The van der Waals surface area contributed by atoms with Gasteiger partial charge in [0.1, 0.15) is 13.2 Å². The van der Waals surface area contributed by atoms with Crippen LogP contribution < -0.4 is 29.6 Å². The van der Waals surface area contributed by atoms with E-state index in [-0.39, 0.29) is 25.0 Å². The van der Waals surface area contributed by atoms with Crippen LogP contribution in [0.2, 0.25) is 0 Å². The lowest BCUT2D eigenvalue weighted by Crippen LogP contribution is -2.40. The Bertz CT molecular complexity index is 1370. The molecule has 0 radical (unpaired) electrons. The van der Waals surface area contributed by atoms with Gasteiger partial charge in [0, 0.05) is 11.4 Å². The van der Waals surface area contributed by atoms with Gasteiger partial charge in [0.05, 0.1) is 0 Å². The third kappa shape index (κ3) is 5.65. The number of nitrogens with one attached hydrogen (secondary N) is 2. The fourth-order valence-corrected chi connectivity index (χ4v) is 4.39. The molecule has 2 amide bonds. The second-order valence-corrected chi connectivity index (χ2v) is 9.28. The molecule has 4 aromatic carbocycles. The van der Waals surface area contributed by atoms with Gasteiger partial charge in [-0.1, -0.05) is 48.5 Å². The monoisotopic (exact) mass is 522 g/mol. The Hall–Kier alpha value is -4.98. The average Bonchev–Trinajstić information content (AvgIpc) is 2.98. The maximum absolute atomic E-state index is 12.7. The number of anilines is 2. The van der Waals surface area contributed by atoms with Crippen LogP contribution >= 0.6 is 0 Å². The molecule has 4 aromatic rings. The maximum atomic E-state index is 12.7. The summed E-state index contributed by atoms with van der Waals surface area (Å²) >= 11 is 0. The number of ether oxygens (including phenoxy) is 4. The summed E-state index contributed by atoms with van der Waals surface area (Å²) in [6.07, 6.45) is -0.729. The van der Waals surface area contributed by atoms with E-state index in [1.54, 1.807) is 12.1 Å². The van der Waals surface area contributed by atoms with Crippen molar-refractivity contribution in [3.05, 3.63) is 108 Å². The Morgan fingerprint density at radius 1 is 0.564 bits per heavy atom. The van der Waals surface area contributed by atoms with Crippen LogP contribution in [0.25, 0.3) is 0 Å². The first kappa shape index (κ1) is 24.4. The van der Waals surface area contributed by atoms with Gasteiger partial charge in [-0.15, -0.1) is 0 Å². The quantitative estimate of drug-likeness (QED) is 0.377. The van der Waals surface area contributed by atoms with Gasteiger partial charge in [0.25, 0.3) is 11.8 Å². The van der Waals surface area contributed by atoms with E-state index in [0.29, 0.717) is 40.8 Å². The summed E-state index contributed by atoms with van der Waals surface area (Å²) < 4.78 is 22.8. The summed E-state index contributed by atoms with van der Waals surface area (Å²) in [5, 5.41) is 5.78. The SMILES string of the molecule is O=C(Nc1ccc(Cc2ccc(NC(=O)C3COc4ccccc4O3)cc2)cc1)C1COc2ccccc2O1. The normalized spacial score (nSPS) is 17.1. The van der Waals surface area contributed by atoms with Crippen LogP contribution in [-0.2, 0) is 16.0 Å². The van der Waals surface area contributed by atoms with Gasteiger partial charge in [0.15, 0.2) is 23.0 Å². The summed E-state index contributed by atoms with van der Waals surface area (Å²) in [5.74, 6) is 1.88. The van der Waals surface area contributed by atoms with Crippen molar-refractivity contribution in [2.45, 2.75) is 18.6 Å². The Morgan fingerprint density at radius 2 is 0.949 bits per heavy atom. The molecule has 0 aliphatic carbocycles. The molecule has 0 bridgehead atoms. The predicted octanol–water partition coefficient (Wildman–Crippen LogP) is 4.83. The van der Waals surface area contributed by atoms with Gasteiger partial charge in [-0.3, -0.25) is 9.59 Å². The highest BCUT2D eigenvalue weighted by Gasteiger charge is 2.28. The lowest BCUT2D eigenvalue weighted by molar-refractivity contribution is -0.125. The molecule has 0 aromatic heterocycles. The second kappa shape index (κ2) is 10.8. The number of fused-ring (bicyclic) bond motifs is 2. The zero-order valence-corrected chi connectivity index (χ0v) is 21.0. The van der Waals surface area contributed by atoms with E-state index in [0.717, 1.165) is 11.1 Å². The van der Waals surface area contributed by atoms with Crippen molar-refractivity contribution < 1.29 is 28.5 Å². The highest BCUT2D eigenvalue weighted by Crippen LogP contribution is 2.32. The van der Waals surface area contributed by atoms with Gasteiger partial charge in [0.2, 0.25) is 12.2 Å². The molecule has 0 saturated carbocycles. The molecule has 0 saturated heterocycles. The number of para-hydroxylation sites is 4. The second-order valence-electron chi connectivity index (χ2n) is 9.28. The van der Waals surface area contributed by atoms with Crippen LogP contribution in [0.1, 0.15) is 11.1 Å². The number of rotatable bonds is 6. The van der Waals surface area contributed by atoms with Crippen LogP contribution in [-0.4, -0.2) is 37.2 Å². The predicted molar refractivity (Wildman–Crippen MR) is 146 cm³/mol. The number of hydrogen-bond donors (Lipinski definition) is 2. The van der Waals surface area contributed by atoms with E-state index in [1.807, 2.05) is 84.9 Å². The molecule has 2 N–H and O–H groups in total. The Morgan fingerprint density at radius 3 is 1.36 bits per heavy atom. The summed E-state index contributed by atoms with van der Waals surface area (Å²) in [7, 11) is 0. The van der Waals surface area contributed by atoms with E-state index >= 15 is 0 Å². The van der Waals surface area contributed by atoms with E-state index in [2.05, 4.69) is 10.6 Å². The van der Waals surface area contributed by atoms with Gasteiger partial charge < -0.3 is 29.6 Å². The van der Waals surface area contributed by atoms with Crippen molar-refractivity contribution in [2.75, 3.05) is 23.8 Å². The van der Waals surface area contributed by atoms with Crippen LogP contribution in [0, 0.1) is 0 Å². The molecule has 39 heavy (non-hydrogen) atoms. The van der Waals surface area contributed by atoms with Gasteiger partial charge >= 0.3 is 0 Å². The maximum Gasteiger partial charge on any atom is 0.269 e. The minimum absolute atomic E-state index is 0.160. The molecule has 2 aliphatic rings. The Balaban J connectivity index is 1.00. The fraction of sp³-hybridized carbons (Fsp3) is 0.161. The molecule has 2 aliphatic heterocycles. The zero-order valence-electron chi connectivity index (χ0n) is 21.0. The van der Waals surface area contributed by atoms with Crippen LogP contribution in [0.4, 0.5) is 11.4 Å². The molecule has 0 spiro atoms. The highest BCUT2D eigenvalue weighted by molar-refractivity contribution is 5.95. The lowest BCUT2D eigenvalue weighted by Gasteiger charge is -2.25. The molecule has 8 nitrogen and oxygen atoms in total. The van der Waals surface area contributed by atoms with Crippen molar-refractivity contribution in [1.82, 2.24) is 0 Å². The zero-order chi connectivity index (χ0) is 26.6. The Kier molecular flexibility index (Phi) is 6.74. The molecular formula is C31H26N2O6. The average molecular weight is 523 g/mol. The summed E-state index contributed by atoms with van der Waals surface area (Å²) in [6, 6.07) is 29.9. The first-order valence-electron chi connectivity index (χ1n) is 12.7. The molecular weight excluding hydrogens is 496 g/mol. The summed E-state index contributed by atoms with van der Waals surface area (Å²) in [6.45, 7) is 0.319. The highest BCUT2D eigenvalue weighted by atomic mass is 16.6. The number of hydrogen-bond acceptors (Lipinski definition) is 6. The van der Waals surface area contributed by atoms with Crippen LogP contribution in [0.3, 0.4) is 0 Å². The van der Waals surface area contributed by atoms with E-state index in [9.17, 15) is 9.59 Å². The smallest absolute Gasteiger partial charge is 0.269 e. The van der Waals surface area contributed by atoms with Crippen LogP contribution in [0.5, 0.6) is 23.0 Å². The third-order valence-corrected chi connectivity index (χ3v) is 6.45. The van der Waals surface area contributed by atoms with Crippen molar-refractivity contribution >= 4 is 23.2 Å². The van der Waals surface area contributed by atoms with Crippen molar-refractivity contribution in [3.8, 4) is 23.0 Å². The minimum Gasteiger partial charge on any atom is -0.485 e. The molecule has 2 atom stereocenters. The molecule has 8 heteroatoms. The molecule has 6 rings (SSSR count). The topological polar surface area (TPSA) is 95.1 Å². The standard InChI is InChI=1S/C31H26N2O6/c34-30(28-18-36-24-5-1-3-7-26(24)38-28)32-22-13-9-20(10-14-22)17-21-11-15-23(16-12-21)33-31(35)29-19-37-25-6-2-4-8-27(25)39-29/h1-16,28-29H,17-19H2,(H,32,34)(H,33,35). The summed E-state index contributed by atoms with van der Waals surface area (Å²) in [4.78, 5) is 25.3. The third-order valence-electron chi connectivity index (χ3n) is 6.45. The van der Waals surface area contributed by atoms with E-state index in [4.69, 9.17) is 18.9 Å². The molecule has 0 fully saturated rings. The molecule has 2 unspecified atom stereocenters. The number of carbonyl (C=O) groups excluding carboxylic acids is 2. The van der Waals surface area contributed by atoms with E-state index < -0.39 is 12.2 Å². The van der Waals surface area contributed by atoms with Gasteiger partial charge in [-0.05, 0) is 66.1 Å². The first-order valence-corrected chi connectivity index (χ1v) is 12.7. The van der Waals surface area contributed by atoms with E-state index in [1.165, 1.54) is 0 Å². The van der Waals surface area contributed by atoms with Crippen molar-refractivity contribution in [3.63, 3.8) is 0 Å². The number of carbonyl (C=O) groups is 2. The van der Waals surface area contributed by atoms with Gasteiger partial charge in [-0.2, -0.15) is 0 Å². The number of benzene rings is 4. The number of amides is 2. The van der Waals surface area contributed by atoms with Gasteiger partial charge in [-0.25, -0.2) is 0 Å². The molecule has 2 heterocycles. The van der Waals surface area contributed by atoms with Crippen molar-refractivity contribution in [2.24, 2.45) is 0 Å². The Labute approximate surface area is 225 Å². The fourth-order valence-electron chi connectivity index (χ4n) is 4.39. The lowest BCUT2D eigenvalue weighted by atomic mass is 10.0. The minimum atomic E-state index is -0.716. The van der Waals surface area contributed by atoms with Crippen LogP contribution in [0.15, 0.2) is 97.1 Å². The first-order chi connectivity index (χ1) is 19.1. The molecule has 196 valence electrons. The largest absolute Gasteiger partial charge is 0.485 e. The summed E-state index contributed by atoms with van der Waals surface area (Å²) in [5.41, 5.74) is 3.53.